The van der Waals surface area contributed by atoms with Crippen LogP contribution in [0.4, 0.5) is 0 Å². The van der Waals surface area contributed by atoms with E-state index >= 15 is 0 Å². The molecule has 0 rings (SSSR count). The monoisotopic (exact) mass is 127 g/mol. The molecule has 0 aliphatic rings. The molecule has 54 valence electrons. The molecule has 0 atom stereocenters. The van der Waals surface area contributed by atoms with E-state index in [1.165, 1.54) is 5.57 Å². The number of rotatable bonds is 1. The summed E-state index contributed by atoms with van der Waals surface area (Å²) in [6, 6.07) is 0. The van der Waals surface area contributed by atoms with Gasteiger partial charge in [-0.15, -0.1) is 0 Å². The molecule has 0 saturated carbocycles. The predicted octanol–water partition coefficient (Wildman–Crippen LogP) is 2.68. The van der Waals surface area contributed by atoms with E-state index in [1.54, 1.807) is 13.3 Å². The van der Waals surface area contributed by atoms with Gasteiger partial charge in [0.15, 0.2) is 0 Å². The van der Waals surface area contributed by atoms with Crippen molar-refractivity contribution in [2.45, 2.75) is 27.7 Å². The summed E-state index contributed by atoms with van der Waals surface area (Å²) in [5.41, 5.74) is 1.28. The van der Waals surface area contributed by atoms with Gasteiger partial charge in [0.2, 0.25) is 0 Å². The van der Waals surface area contributed by atoms with Gasteiger partial charge in [0.25, 0.3) is 0 Å². The van der Waals surface area contributed by atoms with Crippen LogP contribution in [0.2, 0.25) is 0 Å². The molecule has 9 heavy (non-hydrogen) atoms. The van der Waals surface area contributed by atoms with E-state index in [0.29, 0.717) is 0 Å². The van der Waals surface area contributed by atoms with Gasteiger partial charge in [-0.2, -0.15) is 0 Å². The molecule has 0 amide bonds. The van der Waals surface area contributed by atoms with Crippen LogP contribution in [0.5, 0.6) is 0 Å². The first-order chi connectivity index (χ1) is 4.27. The second-order valence-corrected chi connectivity index (χ2v) is 1.65. The maximum atomic E-state index is 3.77. The van der Waals surface area contributed by atoms with E-state index in [0.717, 1.165) is 0 Å². The Morgan fingerprint density at radius 1 is 1.22 bits per heavy atom. The first kappa shape index (κ1) is 11.2. The second kappa shape index (κ2) is 10.4. The largest absolute Gasteiger partial charge is 0.297 e. The Morgan fingerprint density at radius 3 is 1.78 bits per heavy atom. The first-order valence-electron chi connectivity index (χ1n) is 3.33. The standard InChI is InChI=1S/C6H11N.C2H6/c1-6(2)4-5-7-3;1-2/h4-5H,1-3H3;1-2H3. The van der Waals surface area contributed by atoms with Crippen LogP contribution in [0.1, 0.15) is 27.7 Å². The van der Waals surface area contributed by atoms with Crippen molar-refractivity contribution in [2.24, 2.45) is 4.99 Å². The summed E-state index contributed by atoms with van der Waals surface area (Å²) in [4.78, 5) is 3.77. The Hall–Kier alpha value is -0.590. The van der Waals surface area contributed by atoms with Crippen LogP contribution < -0.4 is 0 Å². The number of hydrogen-bond acceptors (Lipinski definition) is 1. The van der Waals surface area contributed by atoms with Crippen molar-refractivity contribution in [1.29, 1.82) is 0 Å². The lowest BCUT2D eigenvalue weighted by Gasteiger charge is -1.77. The number of aliphatic imine (C=N–C) groups is 1. The highest BCUT2D eigenvalue weighted by Crippen LogP contribution is 1.82. The Kier molecular flexibility index (Phi) is 13.0. The molecule has 1 heteroatoms. The molecular weight excluding hydrogens is 110 g/mol. The molecule has 0 aliphatic heterocycles. The summed E-state index contributed by atoms with van der Waals surface area (Å²) in [7, 11) is 1.76. The summed E-state index contributed by atoms with van der Waals surface area (Å²) < 4.78 is 0. The number of hydrogen-bond donors (Lipinski definition) is 0. The van der Waals surface area contributed by atoms with E-state index in [-0.39, 0.29) is 0 Å². The molecule has 0 heterocycles. The molecule has 0 aromatic carbocycles. The maximum absolute atomic E-state index is 3.77. The lowest BCUT2D eigenvalue weighted by Crippen LogP contribution is -1.65. The fraction of sp³-hybridized carbons (Fsp3) is 0.625. The van der Waals surface area contributed by atoms with Crippen LogP contribution in [0.3, 0.4) is 0 Å². The van der Waals surface area contributed by atoms with Crippen molar-refractivity contribution < 1.29 is 0 Å². The van der Waals surface area contributed by atoms with Gasteiger partial charge in [0.05, 0.1) is 0 Å². The molecule has 0 N–H and O–H groups in total. The predicted molar refractivity (Wildman–Crippen MR) is 45.2 cm³/mol. The zero-order valence-corrected chi connectivity index (χ0v) is 7.10. The molecule has 0 fully saturated rings. The van der Waals surface area contributed by atoms with Crippen molar-refractivity contribution in [3.05, 3.63) is 11.6 Å². The van der Waals surface area contributed by atoms with Gasteiger partial charge in [-0.1, -0.05) is 19.4 Å². The van der Waals surface area contributed by atoms with E-state index in [9.17, 15) is 0 Å². The minimum Gasteiger partial charge on any atom is -0.297 e. The van der Waals surface area contributed by atoms with E-state index in [4.69, 9.17) is 0 Å². The van der Waals surface area contributed by atoms with Crippen LogP contribution >= 0.6 is 0 Å². The van der Waals surface area contributed by atoms with Gasteiger partial charge in [-0.05, 0) is 19.9 Å². The third-order valence-electron chi connectivity index (χ3n) is 0.557. The molecule has 0 saturated heterocycles. The summed E-state index contributed by atoms with van der Waals surface area (Å²) in [5, 5.41) is 0. The highest BCUT2D eigenvalue weighted by molar-refractivity contribution is 5.71. The summed E-state index contributed by atoms with van der Waals surface area (Å²) in [6.07, 6.45) is 3.76. The quantitative estimate of drug-likeness (QED) is 0.480. The van der Waals surface area contributed by atoms with Gasteiger partial charge in [0.1, 0.15) is 0 Å². The highest BCUT2D eigenvalue weighted by Gasteiger charge is 1.66. The highest BCUT2D eigenvalue weighted by atomic mass is 14.6. The fourth-order valence-electron chi connectivity index (χ4n) is 0.224. The van der Waals surface area contributed by atoms with Crippen molar-refractivity contribution in [3.63, 3.8) is 0 Å². The van der Waals surface area contributed by atoms with E-state index < -0.39 is 0 Å². The second-order valence-electron chi connectivity index (χ2n) is 1.65. The van der Waals surface area contributed by atoms with Crippen molar-refractivity contribution in [2.75, 3.05) is 7.05 Å². The zero-order chi connectivity index (χ0) is 7.70. The molecule has 0 unspecified atom stereocenters. The third-order valence-corrected chi connectivity index (χ3v) is 0.557. The van der Waals surface area contributed by atoms with Gasteiger partial charge >= 0.3 is 0 Å². The van der Waals surface area contributed by atoms with Gasteiger partial charge in [-0.25, -0.2) is 0 Å². The molecular formula is C8H17N. The molecule has 0 spiro atoms. The molecule has 0 aromatic rings. The van der Waals surface area contributed by atoms with E-state index in [2.05, 4.69) is 4.99 Å². The average Bonchev–Trinajstić information content (AvgIpc) is 1.88. The van der Waals surface area contributed by atoms with Gasteiger partial charge in [0, 0.05) is 13.3 Å². The zero-order valence-electron chi connectivity index (χ0n) is 7.10. The van der Waals surface area contributed by atoms with E-state index in [1.807, 2.05) is 33.8 Å². The number of allylic oxidation sites excluding steroid dienone is 2. The molecule has 0 radical (unpaired) electrons. The normalized spacial score (nSPS) is 8.11. The van der Waals surface area contributed by atoms with Crippen LogP contribution in [-0.4, -0.2) is 13.3 Å². The van der Waals surface area contributed by atoms with Crippen LogP contribution in [0.15, 0.2) is 16.6 Å². The molecule has 0 bridgehead atoms. The van der Waals surface area contributed by atoms with Crippen molar-refractivity contribution in [3.8, 4) is 0 Å². The smallest absolute Gasteiger partial charge is 0.0277 e. The Balaban J connectivity index is 0. The van der Waals surface area contributed by atoms with Crippen molar-refractivity contribution >= 4 is 6.21 Å². The fourth-order valence-corrected chi connectivity index (χ4v) is 0.224. The van der Waals surface area contributed by atoms with Crippen LogP contribution in [0.25, 0.3) is 0 Å². The summed E-state index contributed by atoms with van der Waals surface area (Å²) in [5.74, 6) is 0. The van der Waals surface area contributed by atoms with Crippen LogP contribution in [0, 0.1) is 0 Å². The topological polar surface area (TPSA) is 12.4 Å². The van der Waals surface area contributed by atoms with Gasteiger partial charge in [-0.3, -0.25) is 4.99 Å². The SMILES string of the molecule is CC.CN=CC=C(C)C. The van der Waals surface area contributed by atoms with Crippen molar-refractivity contribution in [1.82, 2.24) is 0 Å². The lowest BCUT2D eigenvalue weighted by atomic mass is 10.3. The third kappa shape index (κ3) is 18.7. The minimum atomic E-state index is 1.28. The Morgan fingerprint density at radius 2 is 1.67 bits per heavy atom. The maximum Gasteiger partial charge on any atom is 0.0277 e. The summed E-state index contributed by atoms with van der Waals surface area (Å²) >= 11 is 0. The summed E-state index contributed by atoms with van der Waals surface area (Å²) in [6.45, 7) is 8.09. The molecule has 0 aliphatic carbocycles. The lowest BCUT2D eigenvalue weighted by molar-refractivity contribution is 1.40. The molecule has 1 nitrogen and oxygen atoms in total. The number of nitrogens with zero attached hydrogens (tertiary/aromatic N) is 1. The first-order valence-corrected chi connectivity index (χ1v) is 3.33. The van der Waals surface area contributed by atoms with Crippen LogP contribution in [-0.2, 0) is 0 Å². The Bertz CT molecular complexity index is 86.7. The Labute approximate surface area is 58.5 Å². The minimum absolute atomic E-state index is 1.28. The average molecular weight is 127 g/mol. The molecule has 0 aromatic heterocycles. The van der Waals surface area contributed by atoms with Gasteiger partial charge < -0.3 is 0 Å².